The van der Waals surface area contributed by atoms with E-state index < -0.39 is 5.60 Å². The van der Waals surface area contributed by atoms with E-state index in [9.17, 15) is 9.50 Å². The van der Waals surface area contributed by atoms with Crippen LogP contribution in [-0.4, -0.2) is 23.9 Å². The Bertz CT molecular complexity index is 386. The van der Waals surface area contributed by atoms with Crippen molar-refractivity contribution in [2.75, 3.05) is 13.2 Å². The lowest BCUT2D eigenvalue weighted by atomic mass is 9.79. The molecule has 0 unspecified atom stereocenters. The second kappa shape index (κ2) is 6.46. The van der Waals surface area contributed by atoms with Gasteiger partial charge in [-0.25, -0.2) is 4.39 Å². The molecule has 0 amide bonds. The van der Waals surface area contributed by atoms with Crippen molar-refractivity contribution in [3.05, 3.63) is 35.6 Å². The first-order valence-corrected chi connectivity index (χ1v) is 6.86. The van der Waals surface area contributed by atoms with Crippen molar-refractivity contribution in [1.82, 2.24) is 0 Å². The van der Waals surface area contributed by atoms with Gasteiger partial charge in [-0.1, -0.05) is 12.1 Å². The first kappa shape index (κ1) is 14.4. The summed E-state index contributed by atoms with van der Waals surface area (Å²) in [7, 11) is 0. The van der Waals surface area contributed by atoms with E-state index in [1.165, 1.54) is 12.1 Å². The van der Waals surface area contributed by atoms with E-state index in [-0.39, 0.29) is 5.82 Å². The molecule has 1 saturated carbocycles. The molecule has 3 nitrogen and oxygen atoms in total. The summed E-state index contributed by atoms with van der Waals surface area (Å²) in [5.74, 6) is 0.268. The van der Waals surface area contributed by atoms with Crippen molar-refractivity contribution < 1.29 is 14.2 Å². The summed E-state index contributed by atoms with van der Waals surface area (Å²) in [5, 5.41) is 10.0. The largest absolute Gasteiger partial charge is 0.389 e. The molecule has 0 aromatic heterocycles. The van der Waals surface area contributed by atoms with Gasteiger partial charge in [0.05, 0.1) is 12.2 Å². The van der Waals surface area contributed by atoms with Gasteiger partial charge in [-0.2, -0.15) is 0 Å². The minimum Gasteiger partial charge on any atom is -0.389 e. The Morgan fingerprint density at radius 1 is 1.26 bits per heavy atom. The Labute approximate surface area is 113 Å². The van der Waals surface area contributed by atoms with Gasteiger partial charge in [-0.3, -0.25) is 0 Å². The van der Waals surface area contributed by atoms with Crippen LogP contribution in [0, 0.1) is 11.7 Å². The van der Waals surface area contributed by atoms with Gasteiger partial charge in [0, 0.05) is 13.2 Å². The fourth-order valence-corrected chi connectivity index (χ4v) is 2.51. The molecule has 3 N–H and O–H groups in total. The number of nitrogens with two attached hydrogens (primary N) is 1. The average Bonchev–Trinajstić information content (AvgIpc) is 2.43. The van der Waals surface area contributed by atoms with Gasteiger partial charge in [0.1, 0.15) is 5.82 Å². The smallest absolute Gasteiger partial charge is 0.123 e. The average molecular weight is 267 g/mol. The van der Waals surface area contributed by atoms with Gasteiger partial charge in [-0.15, -0.1) is 0 Å². The highest BCUT2D eigenvalue weighted by Gasteiger charge is 2.31. The molecular weight excluding hydrogens is 245 g/mol. The second-order valence-corrected chi connectivity index (χ2v) is 5.51. The van der Waals surface area contributed by atoms with Gasteiger partial charge < -0.3 is 15.6 Å². The van der Waals surface area contributed by atoms with Crippen LogP contribution in [0.4, 0.5) is 4.39 Å². The molecule has 2 rings (SSSR count). The Morgan fingerprint density at radius 2 is 1.89 bits per heavy atom. The molecule has 1 aliphatic rings. The quantitative estimate of drug-likeness (QED) is 0.860. The first-order valence-electron chi connectivity index (χ1n) is 6.86. The van der Waals surface area contributed by atoms with Gasteiger partial charge in [-0.05, 0) is 49.3 Å². The van der Waals surface area contributed by atoms with Gasteiger partial charge >= 0.3 is 0 Å². The molecule has 1 aliphatic carbocycles. The van der Waals surface area contributed by atoms with Crippen molar-refractivity contribution >= 4 is 0 Å². The molecule has 1 aromatic carbocycles. The molecule has 0 bridgehead atoms. The first-order chi connectivity index (χ1) is 9.11. The number of hydrogen-bond acceptors (Lipinski definition) is 3. The van der Waals surface area contributed by atoms with E-state index in [0.29, 0.717) is 25.7 Å². The summed E-state index contributed by atoms with van der Waals surface area (Å²) < 4.78 is 18.4. The van der Waals surface area contributed by atoms with Gasteiger partial charge in [0.2, 0.25) is 0 Å². The molecular formula is C15H22FNO2. The maximum atomic E-state index is 12.7. The molecule has 4 heteroatoms. The summed E-state index contributed by atoms with van der Waals surface area (Å²) in [6.45, 7) is 1.55. The van der Waals surface area contributed by atoms with Crippen LogP contribution < -0.4 is 5.73 Å². The topological polar surface area (TPSA) is 55.5 Å². The van der Waals surface area contributed by atoms with E-state index in [2.05, 4.69) is 0 Å². The zero-order chi connectivity index (χ0) is 13.7. The highest BCUT2D eigenvalue weighted by Crippen LogP contribution is 2.31. The van der Waals surface area contributed by atoms with Crippen molar-refractivity contribution in [3.63, 3.8) is 0 Å². The highest BCUT2D eigenvalue weighted by molar-refractivity contribution is 5.14. The van der Waals surface area contributed by atoms with Crippen molar-refractivity contribution in [2.45, 2.75) is 37.9 Å². The van der Waals surface area contributed by atoms with Crippen LogP contribution in [0.5, 0.6) is 0 Å². The minimum absolute atomic E-state index is 0.225. The van der Waals surface area contributed by atoms with E-state index >= 15 is 0 Å². The maximum absolute atomic E-state index is 12.7. The fourth-order valence-electron chi connectivity index (χ4n) is 2.51. The Kier molecular flexibility index (Phi) is 4.91. The van der Waals surface area contributed by atoms with Gasteiger partial charge in [0.15, 0.2) is 0 Å². The molecule has 1 fully saturated rings. The third kappa shape index (κ3) is 4.27. The second-order valence-electron chi connectivity index (χ2n) is 5.51. The zero-order valence-corrected chi connectivity index (χ0v) is 11.1. The van der Waals surface area contributed by atoms with Crippen LogP contribution >= 0.6 is 0 Å². The van der Waals surface area contributed by atoms with E-state index in [0.717, 1.165) is 31.2 Å². The maximum Gasteiger partial charge on any atom is 0.123 e. The standard InChI is InChI=1S/C15H22FNO2/c16-14-3-1-12(2-4-14)9-19-10-13-5-7-15(18,11-17)8-6-13/h1-4,13,18H,5-11,17H2/t13-,15-. The molecule has 0 atom stereocenters. The Hall–Kier alpha value is -0.970. The molecule has 106 valence electrons. The van der Waals surface area contributed by atoms with Crippen LogP contribution in [-0.2, 0) is 11.3 Å². The van der Waals surface area contributed by atoms with Crippen LogP contribution in [0.1, 0.15) is 31.2 Å². The summed E-state index contributed by atoms with van der Waals surface area (Å²) >= 11 is 0. The number of benzene rings is 1. The van der Waals surface area contributed by atoms with Crippen molar-refractivity contribution in [2.24, 2.45) is 11.7 Å². The number of ether oxygens (including phenoxy) is 1. The van der Waals surface area contributed by atoms with Crippen molar-refractivity contribution in [1.29, 1.82) is 0 Å². The summed E-state index contributed by atoms with van der Waals surface area (Å²) in [6, 6.07) is 6.37. The molecule has 0 radical (unpaired) electrons. The highest BCUT2D eigenvalue weighted by atomic mass is 19.1. The molecule has 19 heavy (non-hydrogen) atoms. The Morgan fingerprint density at radius 3 is 2.47 bits per heavy atom. The lowest BCUT2D eigenvalue weighted by Gasteiger charge is -2.34. The molecule has 1 aromatic rings. The van der Waals surface area contributed by atoms with Gasteiger partial charge in [0.25, 0.3) is 0 Å². The molecule has 0 saturated heterocycles. The van der Waals surface area contributed by atoms with E-state index in [4.69, 9.17) is 10.5 Å². The van der Waals surface area contributed by atoms with E-state index in [1.807, 2.05) is 0 Å². The minimum atomic E-state index is -0.659. The third-order valence-electron chi connectivity index (χ3n) is 3.95. The number of aliphatic hydroxyl groups is 1. The van der Waals surface area contributed by atoms with Crippen LogP contribution in [0.15, 0.2) is 24.3 Å². The summed E-state index contributed by atoms with van der Waals surface area (Å²) in [4.78, 5) is 0. The van der Waals surface area contributed by atoms with E-state index in [1.54, 1.807) is 12.1 Å². The monoisotopic (exact) mass is 267 g/mol. The lowest BCUT2D eigenvalue weighted by molar-refractivity contribution is -0.0191. The number of hydrogen-bond donors (Lipinski definition) is 2. The number of halogens is 1. The molecule has 0 aliphatic heterocycles. The summed E-state index contributed by atoms with van der Waals surface area (Å²) in [6.07, 6.45) is 3.43. The van der Waals surface area contributed by atoms with Crippen molar-refractivity contribution in [3.8, 4) is 0 Å². The summed E-state index contributed by atoms with van der Waals surface area (Å²) in [5.41, 5.74) is 5.88. The SMILES string of the molecule is NC[C@]1(O)CC[C@H](COCc2ccc(F)cc2)CC1. The normalized spacial score (nSPS) is 27.4. The predicted octanol–water partition coefficient (Wildman–Crippen LogP) is 2.22. The van der Waals surface area contributed by atoms with Crippen LogP contribution in [0.25, 0.3) is 0 Å². The third-order valence-corrected chi connectivity index (χ3v) is 3.95. The molecule has 0 spiro atoms. The number of rotatable bonds is 5. The van der Waals surface area contributed by atoms with Crippen LogP contribution in [0.3, 0.4) is 0 Å². The van der Waals surface area contributed by atoms with Crippen LogP contribution in [0.2, 0.25) is 0 Å². The molecule has 0 heterocycles. The Balaban J connectivity index is 1.68. The fraction of sp³-hybridized carbons (Fsp3) is 0.600. The zero-order valence-electron chi connectivity index (χ0n) is 11.1. The lowest BCUT2D eigenvalue weighted by Crippen LogP contribution is -2.41. The predicted molar refractivity (Wildman–Crippen MR) is 72.0 cm³/mol.